The zero-order valence-electron chi connectivity index (χ0n) is 28.1. The second-order valence-corrected chi connectivity index (χ2v) is 13.3. The van der Waals surface area contributed by atoms with Crippen molar-refractivity contribution in [3.05, 3.63) is 87.8 Å². The lowest BCUT2D eigenvalue weighted by molar-refractivity contribution is 0.0240. The number of amides is 1. The van der Waals surface area contributed by atoms with Crippen molar-refractivity contribution in [2.45, 2.75) is 66.3 Å². The topological polar surface area (TPSA) is 94.1 Å². The third-order valence-electron chi connectivity index (χ3n) is 7.94. The lowest BCUT2D eigenvalue weighted by atomic mass is 10.0. The van der Waals surface area contributed by atoms with Crippen LogP contribution in [0.15, 0.2) is 54.6 Å². The van der Waals surface area contributed by atoms with Gasteiger partial charge in [0.1, 0.15) is 29.4 Å². The number of halogens is 2. The van der Waals surface area contributed by atoms with E-state index in [9.17, 15) is 9.59 Å². The molecule has 0 unspecified atom stereocenters. The molecule has 1 amide bonds. The number of ether oxygens (including phenoxy) is 3. The van der Waals surface area contributed by atoms with E-state index in [0.29, 0.717) is 67.4 Å². The Bertz CT molecular complexity index is 1770. The molecule has 0 saturated carbocycles. The normalized spacial score (nSPS) is 13.6. The van der Waals surface area contributed by atoms with Crippen LogP contribution in [0.5, 0.6) is 0 Å². The highest BCUT2D eigenvalue weighted by atomic mass is 35.5. The third kappa shape index (κ3) is 8.41. The lowest BCUT2D eigenvalue weighted by Gasteiger charge is -2.36. The van der Waals surface area contributed by atoms with Gasteiger partial charge in [0.15, 0.2) is 0 Å². The van der Waals surface area contributed by atoms with Gasteiger partial charge < -0.3 is 24.0 Å². The summed E-state index contributed by atoms with van der Waals surface area (Å²) in [4.78, 5) is 39.8. The van der Waals surface area contributed by atoms with E-state index in [1.165, 1.54) is 6.07 Å². The number of unbranched alkanes of at least 4 members (excludes halogenated alkanes) is 1. The van der Waals surface area contributed by atoms with E-state index in [1.54, 1.807) is 30.0 Å². The molecule has 1 saturated heterocycles. The predicted octanol–water partition coefficient (Wildman–Crippen LogP) is 8.13. The second kappa shape index (κ2) is 15.3. The summed E-state index contributed by atoms with van der Waals surface area (Å²) >= 11 is 6.83. The molecule has 1 aliphatic rings. The smallest absolute Gasteiger partial charge is 0.410 e. The zero-order chi connectivity index (χ0) is 34.4. The molecule has 3 heterocycles. The number of hydrogen-bond acceptors (Lipinski definition) is 8. The first-order valence-corrected chi connectivity index (χ1v) is 16.6. The molecule has 254 valence electrons. The van der Waals surface area contributed by atoms with Gasteiger partial charge in [-0.1, -0.05) is 61.3 Å². The summed E-state index contributed by atoms with van der Waals surface area (Å²) in [6, 6.07) is 15.9. The number of benzene rings is 2. The van der Waals surface area contributed by atoms with Crippen molar-refractivity contribution in [1.82, 2.24) is 14.9 Å². The van der Waals surface area contributed by atoms with Crippen molar-refractivity contribution in [2.24, 2.45) is 0 Å². The van der Waals surface area contributed by atoms with Crippen LogP contribution in [0.2, 0.25) is 5.02 Å². The van der Waals surface area contributed by atoms with Crippen LogP contribution in [0.4, 0.5) is 15.0 Å². The van der Waals surface area contributed by atoms with Crippen LogP contribution >= 0.6 is 11.6 Å². The molecule has 0 spiro atoms. The summed E-state index contributed by atoms with van der Waals surface area (Å²) in [7, 11) is 0. The minimum absolute atomic E-state index is 0.0614. The molecular formula is C37H42ClFN4O5. The Labute approximate surface area is 286 Å². The lowest BCUT2D eigenvalue weighted by Crippen LogP contribution is -2.50. The number of pyridine rings is 2. The molecule has 2 aromatic carbocycles. The number of aryl methyl sites for hydroxylation is 1. The average Bonchev–Trinajstić information content (AvgIpc) is 3.05. The molecule has 2 aromatic heterocycles. The number of aromatic nitrogens is 2. The molecule has 5 rings (SSSR count). The van der Waals surface area contributed by atoms with Crippen LogP contribution in [0.1, 0.15) is 67.7 Å². The molecule has 11 heteroatoms. The van der Waals surface area contributed by atoms with E-state index in [-0.39, 0.29) is 34.5 Å². The van der Waals surface area contributed by atoms with E-state index in [2.05, 4.69) is 6.92 Å². The molecular weight excluding hydrogens is 635 g/mol. The van der Waals surface area contributed by atoms with Gasteiger partial charge in [0.25, 0.3) is 0 Å². The highest BCUT2D eigenvalue weighted by Gasteiger charge is 2.30. The van der Waals surface area contributed by atoms with Crippen molar-refractivity contribution < 1.29 is 28.2 Å². The Balaban J connectivity index is 1.51. The first-order valence-electron chi connectivity index (χ1n) is 16.3. The SMILES string of the molecule is CCCCOCc1ccc(-c2nc3c(C(=O)OCc4ccccc4)c(C)nc(N4CCN(C(=O)OC(C)(C)C)CC4)c3cc2Cl)c(F)c1. The zero-order valence-corrected chi connectivity index (χ0v) is 28.9. The number of carbonyl (C=O) groups excluding carboxylic acids is 2. The van der Waals surface area contributed by atoms with Gasteiger partial charge >= 0.3 is 12.1 Å². The standard InChI is InChI=1S/C37H42ClFN4O5/c1-6-7-19-46-22-26-13-14-27(30(39)20-26)32-29(38)21-28-33(41-32)31(35(44)47-23-25-11-9-8-10-12-25)24(2)40-34(28)42-15-17-43(18-16-42)36(45)48-37(3,4)5/h8-14,20-21H,6-7,15-19,22-23H2,1-5H3. The molecule has 0 bridgehead atoms. The molecule has 0 radical (unpaired) electrons. The molecule has 0 atom stereocenters. The van der Waals surface area contributed by atoms with Gasteiger partial charge in [-0.3, -0.25) is 0 Å². The van der Waals surface area contributed by atoms with Crippen LogP contribution in [0.3, 0.4) is 0 Å². The highest BCUT2D eigenvalue weighted by Crippen LogP contribution is 2.37. The molecule has 0 aliphatic carbocycles. The van der Waals surface area contributed by atoms with E-state index in [4.69, 9.17) is 35.8 Å². The molecule has 0 N–H and O–H groups in total. The van der Waals surface area contributed by atoms with Gasteiger partial charge in [0.2, 0.25) is 0 Å². The van der Waals surface area contributed by atoms with Gasteiger partial charge in [0.05, 0.1) is 28.5 Å². The fourth-order valence-corrected chi connectivity index (χ4v) is 5.72. The number of fused-ring (bicyclic) bond motifs is 1. The first kappa shape index (κ1) is 35.0. The number of rotatable bonds is 10. The Morgan fingerprint density at radius 1 is 0.958 bits per heavy atom. The molecule has 9 nitrogen and oxygen atoms in total. The number of hydrogen-bond donors (Lipinski definition) is 0. The largest absolute Gasteiger partial charge is 0.457 e. The number of esters is 1. The van der Waals surface area contributed by atoms with Gasteiger partial charge in [-0.15, -0.1) is 0 Å². The second-order valence-electron chi connectivity index (χ2n) is 12.8. The predicted molar refractivity (Wildman–Crippen MR) is 185 cm³/mol. The maximum absolute atomic E-state index is 15.6. The molecule has 1 aliphatic heterocycles. The summed E-state index contributed by atoms with van der Waals surface area (Å²) in [5.41, 5.74) is 2.21. The number of anilines is 1. The summed E-state index contributed by atoms with van der Waals surface area (Å²) in [5, 5.41) is 0.726. The number of nitrogens with zero attached hydrogens (tertiary/aromatic N) is 4. The molecule has 48 heavy (non-hydrogen) atoms. The van der Waals surface area contributed by atoms with E-state index in [0.717, 1.165) is 18.4 Å². The van der Waals surface area contributed by atoms with Gasteiger partial charge in [-0.2, -0.15) is 0 Å². The maximum Gasteiger partial charge on any atom is 0.410 e. The number of carbonyl (C=O) groups is 2. The minimum atomic E-state index is -0.601. The number of piperazine rings is 1. The first-order chi connectivity index (χ1) is 22.9. The quantitative estimate of drug-likeness (QED) is 0.123. The summed E-state index contributed by atoms with van der Waals surface area (Å²) < 4.78 is 32.6. The van der Waals surface area contributed by atoms with Crippen molar-refractivity contribution in [3.8, 4) is 11.3 Å². The van der Waals surface area contributed by atoms with Crippen molar-refractivity contribution in [3.63, 3.8) is 0 Å². The Morgan fingerprint density at radius 2 is 1.69 bits per heavy atom. The Hall–Kier alpha value is -4.28. The van der Waals surface area contributed by atoms with E-state index in [1.807, 2.05) is 56.0 Å². The summed E-state index contributed by atoms with van der Waals surface area (Å²) in [5.74, 6) is -0.541. The maximum atomic E-state index is 15.6. The van der Waals surface area contributed by atoms with Crippen molar-refractivity contribution in [2.75, 3.05) is 37.7 Å². The van der Waals surface area contributed by atoms with Crippen LogP contribution in [0, 0.1) is 12.7 Å². The van der Waals surface area contributed by atoms with Crippen LogP contribution in [-0.2, 0) is 27.4 Å². The van der Waals surface area contributed by atoms with Gasteiger partial charge in [-0.25, -0.2) is 23.9 Å². The fourth-order valence-electron chi connectivity index (χ4n) is 5.47. The summed E-state index contributed by atoms with van der Waals surface area (Å²) in [6.07, 6.45) is 1.58. The Morgan fingerprint density at radius 3 is 2.35 bits per heavy atom. The van der Waals surface area contributed by atoms with Crippen molar-refractivity contribution in [1.29, 1.82) is 0 Å². The fraction of sp³-hybridized carbons (Fsp3) is 0.405. The van der Waals surface area contributed by atoms with Crippen LogP contribution in [-0.4, -0.2) is 65.3 Å². The minimum Gasteiger partial charge on any atom is -0.457 e. The molecule has 4 aromatic rings. The van der Waals surface area contributed by atoms with E-state index >= 15 is 4.39 Å². The average molecular weight is 677 g/mol. The van der Waals surface area contributed by atoms with Crippen LogP contribution < -0.4 is 4.90 Å². The summed E-state index contributed by atoms with van der Waals surface area (Å²) in [6.45, 7) is 12.0. The van der Waals surface area contributed by atoms with Crippen LogP contribution in [0.25, 0.3) is 22.2 Å². The molecule has 1 fully saturated rings. The van der Waals surface area contributed by atoms with Gasteiger partial charge in [-0.05, 0) is 63.4 Å². The third-order valence-corrected chi connectivity index (χ3v) is 8.22. The van der Waals surface area contributed by atoms with Gasteiger partial charge in [0, 0.05) is 43.7 Å². The Kier molecular flexibility index (Phi) is 11.2. The van der Waals surface area contributed by atoms with E-state index < -0.39 is 17.4 Å². The highest BCUT2D eigenvalue weighted by molar-refractivity contribution is 6.34. The van der Waals surface area contributed by atoms with Crippen molar-refractivity contribution >= 4 is 40.4 Å². The monoisotopic (exact) mass is 676 g/mol.